The van der Waals surface area contributed by atoms with E-state index >= 15 is 0 Å². The van der Waals surface area contributed by atoms with E-state index in [1.807, 2.05) is 22.2 Å². The number of carbonyl (C=O) groups is 2. The van der Waals surface area contributed by atoms with Gasteiger partial charge in [0.15, 0.2) is 0 Å². The Hall–Kier alpha value is -4.08. The molecule has 4 heterocycles. The number of H-pyrrole nitrogens is 1. The molecule has 3 aromatic rings. The molecule has 6 rings (SSSR count). The third kappa shape index (κ3) is 5.42. The fourth-order valence-corrected chi connectivity index (χ4v) is 6.41. The van der Waals surface area contributed by atoms with E-state index in [4.69, 9.17) is 16.5 Å². The lowest BCUT2D eigenvalue weighted by Gasteiger charge is -2.26. The van der Waals surface area contributed by atoms with Gasteiger partial charge in [-0.15, -0.1) is 0 Å². The number of nitrogens with one attached hydrogen (secondary N) is 1. The van der Waals surface area contributed by atoms with E-state index in [1.165, 1.54) is 5.57 Å². The fourth-order valence-electron chi connectivity index (χ4n) is 6.41. The summed E-state index contributed by atoms with van der Waals surface area (Å²) in [5, 5.41) is 0. The zero-order valence-electron chi connectivity index (χ0n) is 24.3. The Morgan fingerprint density at radius 1 is 0.810 bits per heavy atom. The van der Waals surface area contributed by atoms with Gasteiger partial charge in [-0.3, -0.25) is 14.6 Å². The molecule has 0 unspecified atom stereocenters. The molecule has 2 fully saturated rings. The van der Waals surface area contributed by atoms with E-state index in [9.17, 15) is 9.59 Å². The average Bonchev–Trinajstić information content (AvgIpc) is 3.82. The summed E-state index contributed by atoms with van der Waals surface area (Å²) in [4.78, 5) is 41.6. The molecule has 0 bridgehead atoms. The predicted octanol–water partition coefficient (Wildman–Crippen LogP) is 4.28. The molecule has 5 N–H and O–H groups in total. The second-order valence-corrected chi connectivity index (χ2v) is 11.7. The van der Waals surface area contributed by atoms with Crippen LogP contribution in [0.25, 0.3) is 28.0 Å². The number of nitrogens with zero attached hydrogens (tertiary/aromatic N) is 4. The summed E-state index contributed by atoms with van der Waals surface area (Å²) in [7, 11) is 0. The number of aliphatic imine (C=N–C) groups is 1. The maximum atomic E-state index is 12.6. The van der Waals surface area contributed by atoms with Gasteiger partial charge in [-0.1, -0.05) is 48.5 Å². The highest BCUT2D eigenvalue weighted by Crippen LogP contribution is 2.34. The Balaban J connectivity index is 1.10. The molecule has 42 heavy (non-hydrogen) atoms. The minimum atomic E-state index is -0.511. The van der Waals surface area contributed by atoms with Gasteiger partial charge in [-0.25, -0.2) is 4.98 Å². The van der Waals surface area contributed by atoms with E-state index in [0.717, 1.165) is 78.1 Å². The molecule has 4 atom stereocenters. The minimum Gasteiger partial charge on any atom is -0.340 e. The number of aromatic nitrogens is 2. The van der Waals surface area contributed by atoms with Crippen molar-refractivity contribution in [2.24, 2.45) is 16.5 Å². The number of benzene rings is 2. The minimum absolute atomic E-state index is 0.00566. The predicted molar refractivity (Wildman–Crippen MR) is 165 cm³/mol. The van der Waals surface area contributed by atoms with Gasteiger partial charge >= 0.3 is 0 Å². The van der Waals surface area contributed by atoms with Crippen LogP contribution in [-0.2, 0) is 9.59 Å². The van der Waals surface area contributed by atoms with Gasteiger partial charge in [-0.2, -0.15) is 0 Å². The molecule has 1 aromatic heterocycles. The molecule has 218 valence electrons. The van der Waals surface area contributed by atoms with Crippen LogP contribution in [0.3, 0.4) is 0 Å². The SMILES string of the molecule is C[C@H](N)C(=O)N1CCC[C@H]1C1=NC=C(c2ccc(-c3ccc(-c4cnc([C@@H]5CCCN5C(=O)[C@H](C)N)[nH]4)cc3)cc2)C1. The molecule has 3 aliphatic heterocycles. The van der Waals surface area contributed by atoms with Crippen LogP contribution < -0.4 is 11.5 Å². The number of amides is 2. The molecule has 2 aromatic carbocycles. The Bertz CT molecular complexity index is 1520. The van der Waals surface area contributed by atoms with Gasteiger partial charge in [0.25, 0.3) is 0 Å². The first kappa shape index (κ1) is 28.1. The topological polar surface area (TPSA) is 134 Å². The molecular formula is C33H39N7O2. The van der Waals surface area contributed by atoms with Crippen molar-refractivity contribution in [2.45, 2.75) is 70.1 Å². The molecule has 0 radical (unpaired) electrons. The van der Waals surface area contributed by atoms with Crippen molar-refractivity contribution in [3.8, 4) is 22.4 Å². The Labute approximate surface area is 246 Å². The lowest BCUT2D eigenvalue weighted by Crippen LogP contribution is -2.47. The van der Waals surface area contributed by atoms with E-state index in [0.29, 0.717) is 6.54 Å². The van der Waals surface area contributed by atoms with Crippen molar-refractivity contribution in [2.75, 3.05) is 13.1 Å². The summed E-state index contributed by atoms with van der Waals surface area (Å²) < 4.78 is 0. The third-order valence-electron chi connectivity index (χ3n) is 8.69. The van der Waals surface area contributed by atoms with Gasteiger partial charge in [0.05, 0.1) is 36.1 Å². The van der Waals surface area contributed by atoms with E-state index in [-0.39, 0.29) is 23.9 Å². The van der Waals surface area contributed by atoms with Crippen molar-refractivity contribution < 1.29 is 9.59 Å². The number of hydrogen-bond donors (Lipinski definition) is 3. The summed E-state index contributed by atoms with van der Waals surface area (Å²) >= 11 is 0. The van der Waals surface area contributed by atoms with Crippen molar-refractivity contribution in [1.29, 1.82) is 0 Å². The normalized spacial score (nSPS) is 21.8. The van der Waals surface area contributed by atoms with Crippen molar-refractivity contribution >= 4 is 23.1 Å². The lowest BCUT2D eigenvalue weighted by atomic mass is 9.96. The molecule has 2 saturated heterocycles. The van der Waals surface area contributed by atoms with Crippen LogP contribution in [0.2, 0.25) is 0 Å². The molecule has 0 spiro atoms. The standard InChI is InChI=1S/C33H39N7O2/c1-20(34)32(41)39-15-3-5-29(39)27-17-26(18-36-27)24-9-7-22(8-10-24)23-11-13-25(14-12-23)28-19-37-31(38-28)30-6-4-16-40(30)33(42)21(2)35/h7-14,18-21,29-30H,3-6,15-17,34-35H2,1-2H3,(H,37,38)/t20-,21-,29-,30-/m0/s1. The molecule has 0 saturated carbocycles. The third-order valence-corrected chi connectivity index (χ3v) is 8.69. The Kier molecular flexibility index (Phi) is 7.79. The highest BCUT2D eigenvalue weighted by atomic mass is 16.2. The smallest absolute Gasteiger partial charge is 0.239 e. The quantitative estimate of drug-likeness (QED) is 0.393. The zero-order valence-corrected chi connectivity index (χ0v) is 24.3. The fraction of sp³-hybridized carbons (Fsp3) is 0.394. The first-order valence-corrected chi connectivity index (χ1v) is 14.9. The number of rotatable bonds is 7. The number of likely N-dealkylation sites (tertiary alicyclic amines) is 2. The summed E-state index contributed by atoms with van der Waals surface area (Å²) in [5.74, 6) is 0.786. The van der Waals surface area contributed by atoms with Gasteiger partial charge < -0.3 is 26.3 Å². The number of imidazole rings is 1. The van der Waals surface area contributed by atoms with Crippen molar-refractivity contribution in [3.05, 3.63) is 72.3 Å². The van der Waals surface area contributed by atoms with Crippen LogP contribution >= 0.6 is 0 Å². The first-order valence-electron chi connectivity index (χ1n) is 14.9. The van der Waals surface area contributed by atoms with Crippen LogP contribution in [0.1, 0.15) is 63.4 Å². The highest BCUT2D eigenvalue weighted by molar-refractivity contribution is 6.03. The number of nitrogens with two attached hydrogens (primary N) is 2. The van der Waals surface area contributed by atoms with Crippen LogP contribution in [0.4, 0.5) is 0 Å². The molecular weight excluding hydrogens is 526 g/mol. The Morgan fingerprint density at radius 2 is 1.33 bits per heavy atom. The average molecular weight is 566 g/mol. The van der Waals surface area contributed by atoms with Gasteiger partial charge in [0.2, 0.25) is 11.8 Å². The van der Waals surface area contributed by atoms with Crippen molar-refractivity contribution in [3.63, 3.8) is 0 Å². The zero-order chi connectivity index (χ0) is 29.4. The summed E-state index contributed by atoms with van der Waals surface area (Å²) in [6, 6.07) is 16.0. The second kappa shape index (κ2) is 11.7. The van der Waals surface area contributed by atoms with Crippen LogP contribution in [0.15, 0.2) is 65.9 Å². The summed E-state index contributed by atoms with van der Waals surface area (Å²) in [6.45, 7) is 4.95. The van der Waals surface area contributed by atoms with Gasteiger partial charge in [0, 0.05) is 31.4 Å². The summed E-state index contributed by atoms with van der Waals surface area (Å²) in [5.41, 5.74) is 19.3. The molecule has 3 aliphatic rings. The van der Waals surface area contributed by atoms with E-state index in [2.05, 4.69) is 58.5 Å². The molecule has 9 nitrogen and oxygen atoms in total. The second-order valence-electron chi connectivity index (χ2n) is 11.7. The largest absolute Gasteiger partial charge is 0.340 e. The highest BCUT2D eigenvalue weighted by Gasteiger charge is 2.35. The maximum absolute atomic E-state index is 12.6. The molecule has 2 amide bonds. The number of hydrogen-bond acceptors (Lipinski definition) is 6. The first-order chi connectivity index (χ1) is 20.3. The van der Waals surface area contributed by atoms with E-state index in [1.54, 1.807) is 13.8 Å². The molecule has 9 heteroatoms. The monoisotopic (exact) mass is 565 g/mol. The number of allylic oxidation sites excluding steroid dienone is 1. The van der Waals surface area contributed by atoms with Crippen LogP contribution in [-0.4, -0.2) is 68.5 Å². The lowest BCUT2D eigenvalue weighted by molar-refractivity contribution is -0.133. The summed E-state index contributed by atoms with van der Waals surface area (Å²) in [6.07, 6.45) is 8.31. The van der Waals surface area contributed by atoms with Crippen LogP contribution in [0.5, 0.6) is 0 Å². The van der Waals surface area contributed by atoms with Gasteiger partial charge in [0.1, 0.15) is 5.82 Å². The number of carbonyl (C=O) groups excluding carboxylic acids is 2. The Morgan fingerprint density at radius 3 is 1.93 bits per heavy atom. The van der Waals surface area contributed by atoms with Crippen LogP contribution in [0, 0.1) is 0 Å². The van der Waals surface area contributed by atoms with Crippen molar-refractivity contribution in [1.82, 2.24) is 19.8 Å². The maximum Gasteiger partial charge on any atom is 0.239 e. The van der Waals surface area contributed by atoms with Gasteiger partial charge in [-0.05, 0) is 67.4 Å². The molecule has 0 aliphatic carbocycles. The van der Waals surface area contributed by atoms with E-state index < -0.39 is 12.1 Å². The number of aromatic amines is 1.